The topological polar surface area (TPSA) is 40.8 Å². The average molecular weight is 323 g/mol. The van der Waals surface area contributed by atoms with Gasteiger partial charge in [-0.2, -0.15) is 4.73 Å². The third-order valence-electron chi connectivity index (χ3n) is 4.57. The zero-order valence-electron chi connectivity index (χ0n) is 14.4. The molecular formula is C20H25N3O. The highest BCUT2D eigenvalue weighted by atomic mass is 16.5. The Bertz CT molecular complexity index is 894. The van der Waals surface area contributed by atoms with Crippen LogP contribution in [-0.2, 0) is 0 Å². The first-order chi connectivity index (χ1) is 11.7. The molecule has 0 saturated carbocycles. The maximum atomic E-state index is 10.1. The van der Waals surface area contributed by atoms with Gasteiger partial charge in [0, 0.05) is 18.1 Å². The first-order valence-electron chi connectivity index (χ1n) is 8.69. The molecule has 0 spiro atoms. The third kappa shape index (κ3) is 3.44. The van der Waals surface area contributed by atoms with E-state index in [1.165, 1.54) is 4.73 Å². The lowest BCUT2D eigenvalue weighted by Crippen LogP contribution is -2.24. The largest absolute Gasteiger partial charge is 0.428 e. The Hall–Kier alpha value is -2.33. The fourth-order valence-electron chi connectivity index (χ4n) is 3.11. The number of aromatic nitrogens is 1. The SMILES string of the molecule is CCN(CC)CCCN=c1ccn(O)c2cc3ccccc3cc12. The Morgan fingerprint density at radius 1 is 1.04 bits per heavy atom. The fourth-order valence-corrected chi connectivity index (χ4v) is 3.11. The van der Waals surface area contributed by atoms with Crippen LogP contribution >= 0.6 is 0 Å². The summed E-state index contributed by atoms with van der Waals surface area (Å²) >= 11 is 0. The van der Waals surface area contributed by atoms with Gasteiger partial charge in [0.1, 0.15) is 0 Å². The van der Waals surface area contributed by atoms with E-state index in [4.69, 9.17) is 4.99 Å². The van der Waals surface area contributed by atoms with E-state index in [1.807, 2.05) is 24.3 Å². The van der Waals surface area contributed by atoms with Gasteiger partial charge in [-0.05, 0) is 55.0 Å². The molecule has 1 N–H and O–H groups in total. The fraction of sp³-hybridized carbons (Fsp3) is 0.350. The lowest BCUT2D eigenvalue weighted by atomic mass is 10.1. The van der Waals surface area contributed by atoms with Gasteiger partial charge in [-0.25, -0.2) is 0 Å². The second kappa shape index (κ2) is 7.49. The van der Waals surface area contributed by atoms with Crippen LogP contribution < -0.4 is 5.36 Å². The molecule has 0 amide bonds. The van der Waals surface area contributed by atoms with Gasteiger partial charge in [-0.3, -0.25) is 4.99 Å². The molecule has 3 aromatic rings. The predicted molar refractivity (Wildman–Crippen MR) is 99.5 cm³/mol. The molecule has 1 aromatic heterocycles. The van der Waals surface area contributed by atoms with Gasteiger partial charge in [0.05, 0.1) is 10.9 Å². The molecule has 0 aliphatic carbocycles. The van der Waals surface area contributed by atoms with Gasteiger partial charge >= 0.3 is 0 Å². The van der Waals surface area contributed by atoms with Crippen molar-refractivity contribution < 1.29 is 5.21 Å². The third-order valence-corrected chi connectivity index (χ3v) is 4.57. The van der Waals surface area contributed by atoms with Crippen molar-refractivity contribution in [1.29, 1.82) is 0 Å². The van der Waals surface area contributed by atoms with Crippen molar-refractivity contribution >= 4 is 21.7 Å². The van der Waals surface area contributed by atoms with Crippen molar-refractivity contribution in [1.82, 2.24) is 9.63 Å². The number of hydrogen-bond donors (Lipinski definition) is 1. The van der Waals surface area contributed by atoms with E-state index in [9.17, 15) is 5.21 Å². The Labute approximate surface area is 142 Å². The van der Waals surface area contributed by atoms with Gasteiger partial charge in [-0.15, -0.1) is 0 Å². The average Bonchev–Trinajstić information content (AvgIpc) is 2.62. The summed E-state index contributed by atoms with van der Waals surface area (Å²) < 4.78 is 1.18. The number of rotatable bonds is 6. The first kappa shape index (κ1) is 16.5. The highest BCUT2D eigenvalue weighted by Gasteiger charge is 2.04. The van der Waals surface area contributed by atoms with E-state index < -0.39 is 0 Å². The standard InChI is InChI=1S/C20H25N3O/c1-3-22(4-2)12-7-11-21-19-10-13-23(24)20-15-17-9-6-5-8-16(17)14-18(19)20/h5-6,8-10,13-15,24H,3-4,7,11-12H2,1-2H3. The zero-order valence-corrected chi connectivity index (χ0v) is 14.4. The van der Waals surface area contributed by atoms with Crippen molar-refractivity contribution in [3.8, 4) is 0 Å². The van der Waals surface area contributed by atoms with Gasteiger partial charge in [-0.1, -0.05) is 38.1 Å². The minimum atomic E-state index is 0.790. The van der Waals surface area contributed by atoms with Crippen molar-refractivity contribution in [3.63, 3.8) is 0 Å². The normalized spacial score (nSPS) is 12.5. The Kier molecular flexibility index (Phi) is 5.16. The van der Waals surface area contributed by atoms with Gasteiger partial charge < -0.3 is 10.1 Å². The highest BCUT2D eigenvalue weighted by Crippen LogP contribution is 2.20. The molecule has 0 fully saturated rings. The predicted octanol–water partition coefficient (Wildman–Crippen LogP) is 3.66. The molecule has 0 bridgehead atoms. The Balaban J connectivity index is 1.94. The number of nitrogens with zero attached hydrogens (tertiary/aromatic N) is 3. The van der Waals surface area contributed by atoms with E-state index in [0.717, 1.165) is 59.6 Å². The van der Waals surface area contributed by atoms with E-state index in [2.05, 4.69) is 36.9 Å². The van der Waals surface area contributed by atoms with Crippen LogP contribution in [0.3, 0.4) is 0 Å². The highest BCUT2D eigenvalue weighted by molar-refractivity contribution is 5.96. The molecule has 0 aliphatic heterocycles. The molecular weight excluding hydrogens is 298 g/mol. The Morgan fingerprint density at radius 2 is 1.75 bits per heavy atom. The minimum Gasteiger partial charge on any atom is -0.428 e. The molecule has 0 radical (unpaired) electrons. The van der Waals surface area contributed by atoms with Crippen LogP contribution in [0.15, 0.2) is 53.7 Å². The number of benzene rings is 2. The molecule has 2 aromatic carbocycles. The summed E-state index contributed by atoms with van der Waals surface area (Å²) in [5.74, 6) is 0. The first-order valence-corrected chi connectivity index (χ1v) is 8.69. The van der Waals surface area contributed by atoms with Crippen LogP contribution in [-0.4, -0.2) is 41.0 Å². The maximum absolute atomic E-state index is 10.1. The molecule has 0 saturated heterocycles. The summed E-state index contributed by atoms with van der Waals surface area (Å²) in [6.45, 7) is 8.42. The quantitative estimate of drug-likeness (QED) is 0.427. The van der Waals surface area contributed by atoms with Crippen LogP contribution in [0, 0.1) is 0 Å². The summed E-state index contributed by atoms with van der Waals surface area (Å²) in [7, 11) is 0. The summed E-state index contributed by atoms with van der Waals surface area (Å²) in [6, 6.07) is 14.2. The summed E-state index contributed by atoms with van der Waals surface area (Å²) in [6.07, 6.45) is 2.71. The molecule has 0 unspecified atom stereocenters. The lowest BCUT2D eigenvalue weighted by Gasteiger charge is -2.16. The van der Waals surface area contributed by atoms with Crippen molar-refractivity contribution in [2.45, 2.75) is 20.3 Å². The van der Waals surface area contributed by atoms with Crippen LogP contribution in [0.1, 0.15) is 20.3 Å². The summed E-state index contributed by atoms with van der Waals surface area (Å²) in [4.78, 5) is 7.18. The van der Waals surface area contributed by atoms with E-state index >= 15 is 0 Å². The number of fused-ring (bicyclic) bond motifs is 2. The Morgan fingerprint density at radius 3 is 2.46 bits per heavy atom. The van der Waals surface area contributed by atoms with Crippen molar-refractivity contribution in [3.05, 3.63) is 54.0 Å². The van der Waals surface area contributed by atoms with E-state index in [-0.39, 0.29) is 0 Å². The van der Waals surface area contributed by atoms with Crippen molar-refractivity contribution in [2.75, 3.05) is 26.2 Å². The maximum Gasteiger partial charge on any atom is 0.0892 e. The second-order valence-electron chi connectivity index (χ2n) is 6.02. The molecule has 1 heterocycles. The van der Waals surface area contributed by atoms with Crippen molar-refractivity contribution in [2.24, 2.45) is 4.99 Å². The van der Waals surface area contributed by atoms with Crippen LogP contribution in [0.2, 0.25) is 0 Å². The van der Waals surface area contributed by atoms with E-state index in [1.54, 1.807) is 6.20 Å². The van der Waals surface area contributed by atoms with Gasteiger partial charge in [0.15, 0.2) is 0 Å². The molecule has 24 heavy (non-hydrogen) atoms. The smallest absolute Gasteiger partial charge is 0.0892 e. The van der Waals surface area contributed by atoms with Crippen LogP contribution in [0.4, 0.5) is 0 Å². The van der Waals surface area contributed by atoms with Crippen LogP contribution in [0.5, 0.6) is 0 Å². The minimum absolute atomic E-state index is 0.790. The summed E-state index contributed by atoms with van der Waals surface area (Å²) in [5.41, 5.74) is 0.790. The lowest BCUT2D eigenvalue weighted by molar-refractivity contribution is 0.198. The van der Waals surface area contributed by atoms with E-state index in [0.29, 0.717) is 0 Å². The molecule has 4 heteroatoms. The summed E-state index contributed by atoms with van der Waals surface area (Å²) in [5, 5.41) is 14.3. The number of hydrogen-bond acceptors (Lipinski definition) is 3. The number of pyridine rings is 1. The molecule has 0 aliphatic rings. The molecule has 126 valence electrons. The second-order valence-corrected chi connectivity index (χ2v) is 6.02. The zero-order chi connectivity index (χ0) is 16.9. The molecule has 3 rings (SSSR count). The molecule has 0 atom stereocenters. The van der Waals surface area contributed by atoms with Gasteiger partial charge in [0.2, 0.25) is 0 Å². The van der Waals surface area contributed by atoms with Gasteiger partial charge in [0.25, 0.3) is 0 Å². The van der Waals surface area contributed by atoms with Crippen LogP contribution in [0.25, 0.3) is 21.7 Å². The monoisotopic (exact) mass is 323 g/mol. The molecule has 4 nitrogen and oxygen atoms in total.